The quantitative estimate of drug-likeness (QED) is 0.654. The van der Waals surface area contributed by atoms with Crippen molar-refractivity contribution in [1.29, 1.82) is 5.26 Å². The second-order valence-electron chi connectivity index (χ2n) is 6.14. The molecule has 134 valence electrons. The number of carbonyl (C=O) groups is 1. The highest BCUT2D eigenvalue weighted by Crippen LogP contribution is 2.28. The van der Waals surface area contributed by atoms with Gasteiger partial charge in [-0.25, -0.2) is 0 Å². The zero-order chi connectivity index (χ0) is 19.4. The minimum atomic E-state index is -0.340. The molecule has 1 amide bonds. The number of aryl methyl sites for hydroxylation is 2. The van der Waals surface area contributed by atoms with Gasteiger partial charge in [-0.2, -0.15) is 5.26 Å². The normalized spacial score (nSPS) is 10.1. The SMILES string of the molecule is Cc1cc(C)c(NC(=O)c2cc(Nc3ccc(C#N)cc3)ccn2)c(Cl)c1. The Hall–Kier alpha value is -3.36. The van der Waals surface area contributed by atoms with Crippen molar-refractivity contribution in [2.75, 3.05) is 10.6 Å². The number of anilines is 3. The molecule has 1 aromatic heterocycles. The zero-order valence-corrected chi connectivity index (χ0v) is 15.6. The van der Waals surface area contributed by atoms with Crippen LogP contribution in [0.3, 0.4) is 0 Å². The average Bonchev–Trinajstić information content (AvgIpc) is 2.65. The standard InChI is InChI=1S/C21H17ClN4O/c1-13-9-14(2)20(18(22)10-13)26-21(27)19-11-17(7-8-24-19)25-16-5-3-15(12-23)4-6-16/h3-11H,1-2H3,(H,24,25)(H,26,27). The maximum Gasteiger partial charge on any atom is 0.274 e. The molecule has 0 radical (unpaired) electrons. The minimum Gasteiger partial charge on any atom is -0.355 e. The van der Waals surface area contributed by atoms with E-state index in [4.69, 9.17) is 16.9 Å². The molecule has 3 aromatic rings. The van der Waals surface area contributed by atoms with Crippen molar-refractivity contribution in [3.8, 4) is 6.07 Å². The van der Waals surface area contributed by atoms with Gasteiger partial charge in [0.15, 0.2) is 0 Å². The number of aromatic nitrogens is 1. The predicted molar refractivity (Wildman–Crippen MR) is 108 cm³/mol. The number of amides is 1. The molecule has 2 N–H and O–H groups in total. The number of nitrogens with one attached hydrogen (secondary N) is 2. The maximum absolute atomic E-state index is 12.6. The first-order chi connectivity index (χ1) is 13.0. The van der Waals surface area contributed by atoms with E-state index in [9.17, 15) is 4.79 Å². The van der Waals surface area contributed by atoms with E-state index in [-0.39, 0.29) is 11.6 Å². The number of hydrogen-bond acceptors (Lipinski definition) is 4. The van der Waals surface area contributed by atoms with Gasteiger partial charge in [0.2, 0.25) is 0 Å². The monoisotopic (exact) mass is 376 g/mol. The van der Waals surface area contributed by atoms with Crippen LogP contribution in [0, 0.1) is 25.2 Å². The fraction of sp³-hybridized carbons (Fsp3) is 0.0952. The van der Waals surface area contributed by atoms with Crippen LogP contribution in [0.2, 0.25) is 5.02 Å². The van der Waals surface area contributed by atoms with Crippen LogP contribution in [0.4, 0.5) is 17.1 Å². The van der Waals surface area contributed by atoms with Crippen LogP contribution in [0.15, 0.2) is 54.7 Å². The molecule has 0 aliphatic rings. The van der Waals surface area contributed by atoms with Crippen LogP contribution in [0.1, 0.15) is 27.2 Å². The molecular weight excluding hydrogens is 360 g/mol. The molecule has 1 heterocycles. The molecule has 0 atom stereocenters. The summed E-state index contributed by atoms with van der Waals surface area (Å²) in [6, 6.07) is 16.3. The van der Waals surface area contributed by atoms with E-state index in [2.05, 4.69) is 21.7 Å². The summed E-state index contributed by atoms with van der Waals surface area (Å²) < 4.78 is 0. The van der Waals surface area contributed by atoms with E-state index in [1.54, 1.807) is 48.7 Å². The van der Waals surface area contributed by atoms with Gasteiger partial charge in [-0.15, -0.1) is 0 Å². The third-order valence-electron chi connectivity index (χ3n) is 3.97. The van der Waals surface area contributed by atoms with Gasteiger partial charge < -0.3 is 10.6 Å². The van der Waals surface area contributed by atoms with Crippen molar-refractivity contribution in [3.05, 3.63) is 82.1 Å². The Kier molecular flexibility index (Phi) is 5.39. The van der Waals surface area contributed by atoms with E-state index < -0.39 is 0 Å². The number of rotatable bonds is 4. The fourth-order valence-electron chi connectivity index (χ4n) is 2.68. The number of hydrogen-bond donors (Lipinski definition) is 2. The van der Waals surface area contributed by atoms with Gasteiger partial charge in [0, 0.05) is 17.6 Å². The van der Waals surface area contributed by atoms with Crippen LogP contribution < -0.4 is 10.6 Å². The number of carbonyl (C=O) groups excluding carboxylic acids is 1. The number of halogens is 1. The zero-order valence-electron chi connectivity index (χ0n) is 14.9. The smallest absolute Gasteiger partial charge is 0.274 e. The highest BCUT2D eigenvalue weighted by atomic mass is 35.5. The van der Waals surface area contributed by atoms with Gasteiger partial charge in [-0.3, -0.25) is 9.78 Å². The molecular formula is C21H17ClN4O. The van der Waals surface area contributed by atoms with Crippen molar-refractivity contribution in [2.45, 2.75) is 13.8 Å². The molecule has 5 nitrogen and oxygen atoms in total. The van der Waals surface area contributed by atoms with Crippen LogP contribution >= 0.6 is 11.6 Å². The van der Waals surface area contributed by atoms with Gasteiger partial charge in [-0.05, 0) is 67.4 Å². The van der Waals surface area contributed by atoms with Gasteiger partial charge in [0.1, 0.15) is 5.69 Å². The van der Waals surface area contributed by atoms with Crippen molar-refractivity contribution in [3.63, 3.8) is 0 Å². The summed E-state index contributed by atoms with van der Waals surface area (Å²) >= 11 is 6.26. The highest BCUT2D eigenvalue weighted by Gasteiger charge is 2.13. The Morgan fingerprint density at radius 2 is 1.81 bits per heavy atom. The average molecular weight is 377 g/mol. The fourth-order valence-corrected chi connectivity index (χ4v) is 3.05. The largest absolute Gasteiger partial charge is 0.355 e. The van der Waals surface area contributed by atoms with Crippen molar-refractivity contribution < 1.29 is 4.79 Å². The van der Waals surface area contributed by atoms with Crippen LogP contribution in [0.25, 0.3) is 0 Å². The van der Waals surface area contributed by atoms with Gasteiger partial charge >= 0.3 is 0 Å². The molecule has 0 aliphatic carbocycles. The molecule has 3 rings (SSSR count). The highest BCUT2D eigenvalue weighted by molar-refractivity contribution is 6.34. The molecule has 2 aromatic carbocycles. The summed E-state index contributed by atoms with van der Waals surface area (Å²) in [6.45, 7) is 3.84. The van der Waals surface area contributed by atoms with E-state index in [1.807, 2.05) is 19.9 Å². The number of nitriles is 1. The number of pyridine rings is 1. The second-order valence-corrected chi connectivity index (χ2v) is 6.54. The topological polar surface area (TPSA) is 77.8 Å². The molecule has 0 spiro atoms. The first kappa shape index (κ1) is 18.4. The third kappa shape index (κ3) is 4.43. The van der Waals surface area contributed by atoms with E-state index in [1.165, 1.54) is 0 Å². The maximum atomic E-state index is 12.6. The van der Waals surface area contributed by atoms with Crippen molar-refractivity contribution >= 4 is 34.6 Å². The Morgan fingerprint density at radius 3 is 2.48 bits per heavy atom. The van der Waals surface area contributed by atoms with Crippen molar-refractivity contribution in [2.24, 2.45) is 0 Å². The lowest BCUT2D eigenvalue weighted by Gasteiger charge is -2.12. The number of benzene rings is 2. The molecule has 0 saturated heterocycles. The summed E-state index contributed by atoms with van der Waals surface area (Å²) in [6.07, 6.45) is 1.56. The van der Waals surface area contributed by atoms with E-state index in [0.29, 0.717) is 22.0 Å². The van der Waals surface area contributed by atoms with E-state index in [0.717, 1.165) is 16.8 Å². The summed E-state index contributed by atoms with van der Waals surface area (Å²) in [5.41, 5.74) is 4.88. The van der Waals surface area contributed by atoms with Crippen LogP contribution in [-0.2, 0) is 0 Å². The predicted octanol–water partition coefficient (Wildman–Crippen LogP) is 5.22. The third-order valence-corrected chi connectivity index (χ3v) is 4.26. The molecule has 0 fully saturated rings. The Balaban J connectivity index is 1.78. The lowest BCUT2D eigenvalue weighted by Crippen LogP contribution is -2.15. The summed E-state index contributed by atoms with van der Waals surface area (Å²) in [5.74, 6) is -0.340. The molecule has 0 aliphatic heterocycles. The molecule has 0 unspecified atom stereocenters. The lowest BCUT2D eigenvalue weighted by molar-refractivity contribution is 0.102. The first-order valence-corrected chi connectivity index (χ1v) is 8.65. The Morgan fingerprint density at radius 1 is 1.07 bits per heavy atom. The van der Waals surface area contributed by atoms with E-state index >= 15 is 0 Å². The summed E-state index contributed by atoms with van der Waals surface area (Å²) in [7, 11) is 0. The summed E-state index contributed by atoms with van der Waals surface area (Å²) in [5, 5.41) is 15.4. The Labute approximate surface area is 162 Å². The van der Waals surface area contributed by atoms with Crippen molar-refractivity contribution in [1.82, 2.24) is 4.98 Å². The second kappa shape index (κ2) is 7.90. The first-order valence-electron chi connectivity index (χ1n) is 8.27. The molecule has 27 heavy (non-hydrogen) atoms. The molecule has 0 bridgehead atoms. The van der Waals surface area contributed by atoms with Gasteiger partial charge in [0.05, 0.1) is 22.3 Å². The summed E-state index contributed by atoms with van der Waals surface area (Å²) in [4.78, 5) is 16.7. The number of nitrogens with zero attached hydrogens (tertiary/aromatic N) is 2. The van der Waals surface area contributed by atoms with Gasteiger partial charge in [-0.1, -0.05) is 17.7 Å². The Bertz CT molecular complexity index is 1020. The molecule has 6 heteroatoms. The minimum absolute atomic E-state index is 0.268. The lowest BCUT2D eigenvalue weighted by atomic mass is 10.1. The van der Waals surface area contributed by atoms with Crippen LogP contribution in [0.5, 0.6) is 0 Å². The van der Waals surface area contributed by atoms with Gasteiger partial charge in [0.25, 0.3) is 5.91 Å². The molecule has 0 saturated carbocycles. The van der Waals surface area contributed by atoms with Crippen LogP contribution in [-0.4, -0.2) is 10.9 Å².